The number of amides is 1. The van der Waals surface area contributed by atoms with E-state index < -0.39 is 0 Å². The second-order valence-corrected chi connectivity index (χ2v) is 4.04. The summed E-state index contributed by atoms with van der Waals surface area (Å²) in [6.07, 6.45) is 1.34. The largest absolute Gasteiger partial charge is 0.399 e. The average molecular weight is 271 g/mol. The minimum Gasteiger partial charge on any atom is -0.399 e. The molecular formula is C13H13N5O2. The second kappa shape index (κ2) is 5.86. The Labute approximate surface area is 115 Å². The van der Waals surface area contributed by atoms with E-state index in [0.29, 0.717) is 11.3 Å². The number of aliphatic hydroxyl groups excluding tert-OH is 1. The highest BCUT2D eigenvalue weighted by Gasteiger charge is 2.14. The Morgan fingerprint density at radius 2 is 2.15 bits per heavy atom. The molecule has 0 saturated carbocycles. The molecule has 0 atom stereocenters. The van der Waals surface area contributed by atoms with Gasteiger partial charge in [0.25, 0.3) is 5.91 Å². The van der Waals surface area contributed by atoms with E-state index in [9.17, 15) is 4.79 Å². The molecule has 0 aliphatic rings. The van der Waals surface area contributed by atoms with Gasteiger partial charge >= 0.3 is 0 Å². The van der Waals surface area contributed by atoms with Crippen molar-refractivity contribution in [2.45, 2.75) is 6.54 Å². The van der Waals surface area contributed by atoms with Crippen LogP contribution in [-0.2, 0) is 6.54 Å². The number of carbonyl (C=O) groups is 1. The Hall–Kier alpha value is -2.85. The summed E-state index contributed by atoms with van der Waals surface area (Å²) in [4.78, 5) is 12.1. The van der Waals surface area contributed by atoms with E-state index in [-0.39, 0.29) is 30.4 Å². The molecule has 4 N–H and O–H groups in total. The lowest BCUT2D eigenvalue weighted by molar-refractivity contribution is 0.102. The van der Waals surface area contributed by atoms with Gasteiger partial charge in [-0.15, -0.1) is 0 Å². The molecule has 2 rings (SSSR count). The smallest absolute Gasteiger partial charge is 0.256 e. The van der Waals surface area contributed by atoms with Gasteiger partial charge in [0.2, 0.25) is 0 Å². The third-order valence-corrected chi connectivity index (χ3v) is 2.68. The highest BCUT2D eigenvalue weighted by molar-refractivity contribution is 6.04. The molecule has 20 heavy (non-hydrogen) atoms. The Bertz CT molecular complexity index is 654. The SMILES string of the molecule is N#Cc1cnn(CCO)c1NC(=O)c1ccc(N)cc1. The van der Waals surface area contributed by atoms with Crippen molar-refractivity contribution in [3.05, 3.63) is 41.6 Å². The van der Waals surface area contributed by atoms with Crippen LogP contribution in [0.15, 0.2) is 30.5 Å². The van der Waals surface area contributed by atoms with Crippen LogP contribution in [0.4, 0.5) is 11.5 Å². The van der Waals surface area contributed by atoms with Gasteiger partial charge in [-0.3, -0.25) is 4.79 Å². The Morgan fingerprint density at radius 1 is 1.45 bits per heavy atom. The van der Waals surface area contributed by atoms with E-state index in [4.69, 9.17) is 16.1 Å². The Kier molecular flexibility index (Phi) is 3.98. The quantitative estimate of drug-likeness (QED) is 0.703. The summed E-state index contributed by atoms with van der Waals surface area (Å²) in [6, 6.07) is 8.35. The van der Waals surface area contributed by atoms with Crippen LogP contribution in [0.3, 0.4) is 0 Å². The van der Waals surface area contributed by atoms with E-state index >= 15 is 0 Å². The molecule has 0 radical (unpaired) electrons. The number of nitrogen functional groups attached to an aromatic ring is 1. The average Bonchev–Trinajstić information content (AvgIpc) is 2.82. The number of nitrogens with two attached hydrogens (primary N) is 1. The van der Waals surface area contributed by atoms with Crippen LogP contribution in [-0.4, -0.2) is 27.4 Å². The maximum Gasteiger partial charge on any atom is 0.256 e. The third kappa shape index (κ3) is 2.76. The van der Waals surface area contributed by atoms with Gasteiger partial charge in [-0.25, -0.2) is 4.68 Å². The van der Waals surface area contributed by atoms with Crippen molar-refractivity contribution in [3.63, 3.8) is 0 Å². The number of hydrogen-bond donors (Lipinski definition) is 3. The number of carbonyl (C=O) groups excluding carboxylic acids is 1. The standard InChI is InChI=1S/C13H13N5O2/c14-7-10-8-16-18(5-6-19)12(10)17-13(20)9-1-3-11(15)4-2-9/h1-4,8,19H,5-6,15H2,(H,17,20). The second-order valence-electron chi connectivity index (χ2n) is 4.04. The molecule has 0 saturated heterocycles. The molecule has 7 nitrogen and oxygen atoms in total. The summed E-state index contributed by atoms with van der Waals surface area (Å²) in [7, 11) is 0. The summed E-state index contributed by atoms with van der Waals surface area (Å²) in [5, 5.41) is 24.5. The molecule has 0 unspecified atom stereocenters. The molecular weight excluding hydrogens is 258 g/mol. The number of aliphatic hydroxyl groups is 1. The van der Waals surface area contributed by atoms with Gasteiger partial charge in [0.15, 0.2) is 0 Å². The van der Waals surface area contributed by atoms with Gasteiger partial charge in [0.1, 0.15) is 17.5 Å². The summed E-state index contributed by atoms with van der Waals surface area (Å²) in [5.74, 6) is -0.107. The van der Waals surface area contributed by atoms with Crippen molar-refractivity contribution in [3.8, 4) is 6.07 Å². The molecule has 1 amide bonds. The van der Waals surface area contributed by atoms with Gasteiger partial charge in [0.05, 0.1) is 19.3 Å². The number of nitrogens with one attached hydrogen (secondary N) is 1. The minimum absolute atomic E-state index is 0.142. The zero-order valence-corrected chi connectivity index (χ0v) is 10.6. The van der Waals surface area contributed by atoms with Gasteiger partial charge < -0.3 is 16.2 Å². The molecule has 0 aliphatic carbocycles. The molecule has 102 valence electrons. The number of hydrogen-bond acceptors (Lipinski definition) is 5. The molecule has 0 fully saturated rings. The number of nitriles is 1. The normalized spacial score (nSPS) is 10.0. The highest BCUT2D eigenvalue weighted by Crippen LogP contribution is 2.16. The van der Waals surface area contributed by atoms with Crippen molar-refractivity contribution in [1.82, 2.24) is 9.78 Å². The minimum atomic E-state index is -0.374. The van der Waals surface area contributed by atoms with Crippen LogP contribution < -0.4 is 11.1 Å². The summed E-state index contributed by atoms with van der Waals surface area (Å²) in [6.45, 7) is 0.0519. The fourth-order valence-electron chi connectivity index (χ4n) is 1.68. The van der Waals surface area contributed by atoms with Crippen molar-refractivity contribution < 1.29 is 9.90 Å². The van der Waals surface area contributed by atoms with E-state index in [1.54, 1.807) is 24.3 Å². The Morgan fingerprint density at radius 3 is 2.75 bits per heavy atom. The molecule has 0 spiro atoms. The summed E-state index contributed by atoms with van der Waals surface area (Å²) >= 11 is 0. The predicted molar refractivity (Wildman–Crippen MR) is 72.8 cm³/mol. The fourth-order valence-corrected chi connectivity index (χ4v) is 1.68. The molecule has 0 bridgehead atoms. The van der Waals surface area contributed by atoms with Crippen molar-refractivity contribution in [2.24, 2.45) is 0 Å². The maximum atomic E-state index is 12.1. The zero-order valence-electron chi connectivity index (χ0n) is 10.6. The van der Waals surface area contributed by atoms with Gasteiger partial charge in [-0.2, -0.15) is 10.4 Å². The first kappa shape index (κ1) is 13.6. The molecule has 1 aromatic carbocycles. The van der Waals surface area contributed by atoms with E-state index in [1.165, 1.54) is 10.9 Å². The first-order chi connectivity index (χ1) is 9.65. The van der Waals surface area contributed by atoms with Crippen LogP contribution in [0.2, 0.25) is 0 Å². The number of rotatable bonds is 4. The van der Waals surface area contributed by atoms with E-state index in [1.807, 2.05) is 6.07 Å². The van der Waals surface area contributed by atoms with Crippen LogP contribution in [0.25, 0.3) is 0 Å². The number of benzene rings is 1. The van der Waals surface area contributed by atoms with Crippen molar-refractivity contribution in [1.29, 1.82) is 5.26 Å². The molecule has 7 heteroatoms. The lowest BCUT2D eigenvalue weighted by atomic mass is 10.2. The molecule has 1 aromatic heterocycles. The lowest BCUT2D eigenvalue weighted by Crippen LogP contribution is -2.17. The molecule has 0 aliphatic heterocycles. The number of aromatic nitrogens is 2. The van der Waals surface area contributed by atoms with Gasteiger partial charge in [0, 0.05) is 11.3 Å². The van der Waals surface area contributed by atoms with Crippen LogP contribution in [0.1, 0.15) is 15.9 Å². The predicted octanol–water partition coefficient (Wildman–Crippen LogP) is 0.582. The van der Waals surface area contributed by atoms with E-state index in [0.717, 1.165) is 0 Å². The van der Waals surface area contributed by atoms with Crippen LogP contribution in [0.5, 0.6) is 0 Å². The van der Waals surface area contributed by atoms with E-state index in [2.05, 4.69) is 10.4 Å². The van der Waals surface area contributed by atoms with Gasteiger partial charge in [-0.1, -0.05) is 0 Å². The lowest BCUT2D eigenvalue weighted by Gasteiger charge is -2.08. The van der Waals surface area contributed by atoms with Crippen LogP contribution in [0, 0.1) is 11.3 Å². The first-order valence-corrected chi connectivity index (χ1v) is 5.89. The third-order valence-electron chi connectivity index (χ3n) is 2.68. The van der Waals surface area contributed by atoms with Crippen LogP contribution >= 0.6 is 0 Å². The summed E-state index contributed by atoms with van der Waals surface area (Å²) < 4.78 is 1.37. The van der Waals surface area contributed by atoms with Crippen molar-refractivity contribution in [2.75, 3.05) is 17.7 Å². The topological polar surface area (TPSA) is 117 Å². The monoisotopic (exact) mass is 271 g/mol. The fraction of sp³-hybridized carbons (Fsp3) is 0.154. The zero-order chi connectivity index (χ0) is 14.5. The first-order valence-electron chi connectivity index (χ1n) is 5.89. The Balaban J connectivity index is 2.25. The number of nitrogens with zero attached hydrogens (tertiary/aromatic N) is 3. The molecule has 1 heterocycles. The highest BCUT2D eigenvalue weighted by atomic mass is 16.3. The molecule has 2 aromatic rings. The number of anilines is 2. The summed E-state index contributed by atoms with van der Waals surface area (Å²) in [5.41, 5.74) is 6.77. The van der Waals surface area contributed by atoms with Gasteiger partial charge in [-0.05, 0) is 24.3 Å². The maximum absolute atomic E-state index is 12.1. The van der Waals surface area contributed by atoms with Crippen molar-refractivity contribution >= 4 is 17.4 Å².